The summed E-state index contributed by atoms with van der Waals surface area (Å²) in [5.41, 5.74) is 3.88. The summed E-state index contributed by atoms with van der Waals surface area (Å²) in [6.45, 7) is 1.97. The second kappa shape index (κ2) is 4.24. The molecule has 0 bridgehead atoms. The van der Waals surface area contributed by atoms with Crippen LogP contribution in [-0.2, 0) is 0 Å². The van der Waals surface area contributed by atoms with E-state index < -0.39 is 5.97 Å². The minimum absolute atomic E-state index is 0.310. The molecule has 0 saturated heterocycles. The molecule has 0 atom stereocenters. The zero-order chi connectivity index (χ0) is 13.4. The number of hydrogen-bond donors (Lipinski definition) is 2. The van der Waals surface area contributed by atoms with Gasteiger partial charge in [0.2, 0.25) is 0 Å². The molecule has 0 radical (unpaired) electrons. The maximum absolute atomic E-state index is 11.3. The maximum atomic E-state index is 11.3. The quantitative estimate of drug-likeness (QED) is 0.735. The molecule has 1 aromatic heterocycles. The molecule has 0 spiro atoms. The molecule has 3 rings (SSSR count). The standard InChI is InChI=1S/C15H12N2O2/c1-9-6-10-8-16-17-14(10)7-13(9)11-4-2-3-5-12(11)15(18)19/h2-8H,1H3,(H,16,17)(H,18,19). The number of nitrogens with one attached hydrogen (secondary N) is 1. The highest BCUT2D eigenvalue weighted by molar-refractivity contribution is 5.98. The maximum Gasteiger partial charge on any atom is 0.336 e. The van der Waals surface area contributed by atoms with Gasteiger partial charge in [0.1, 0.15) is 0 Å². The molecule has 0 aliphatic rings. The van der Waals surface area contributed by atoms with E-state index in [0.717, 1.165) is 27.6 Å². The van der Waals surface area contributed by atoms with Gasteiger partial charge in [0.05, 0.1) is 17.3 Å². The molecule has 0 unspecified atom stereocenters. The number of aromatic carboxylic acids is 1. The monoisotopic (exact) mass is 252 g/mol. The topological polar surface area (TPSA) is 66.0 Å². The minimum atomic E-state index is -0.917. The van der Waals surface area contributed by atoms with Crippen LogP contribution in [0.15, 0.2) is 42.6 Å². The van der Waals surface area contributed by atoms with Gasteiger partial charge in [-0.2, -0.15) is 5.10 Å². The first kappa shape index (κ1) is 11.5. The Hall–Kier alpha value is -2.62. The number of carboxylic acid groups (broad SMARTS) is 1. The van der Waals surface area contributed by atoms with E-state index in [9.17, 15) is 9.90 Å². The van der Waals surface area contributed by atoms with E-state index in [4.69, 9.17) is 0 Å². The number of H-pyrrole nitrogens is 1. The Kier molecular flexibility index (Phi) is 2.56. The van der Waals surface area contributed by atoms with Gasteiger partial charge in [0, 0.05) is 5.39 Å². The van der Waals surface area contributed by atoms with Crippen molar-refractivity contribution < 1.29 is 9.90 Å². The van der Waals surface area contributed by atoms with E-state index in [1.165, 1.54) is 0 Å². The number of nitrogens with zero attached hydrogens (tertiary/aromatic N) is 1. The van der Waals surface area contributed by atoms with Crippen molar-refractivity contribution in [3.8, 4) is 11.1 Å². The van der Waals surface area contributed by atoms with Gasteiger partial charge in [0.15, 0.2) is 0 Å². The third-order valence-electron chi connectivity index (χ3n) is 3.23. The summed E-state index contributed by atoms with van der Waals surface area (Å²) in [6, 6.07) is 11.0. The van der Waals surface area contributed by atoms with Crippen molar-refractivity contribution in [3.05, 3.63) is 53.7 Å². The summed E-state index contributed by atoms with van der Waals surface area (Å²) in [5.74, 6) is -0.917. The zero-order valence-electron chi connectivity index (χ0n) is 10.3. The molecule has 0 saturated carbocycles. The number of carbonyl (C=O) groups is 1. The third-order valence-corrected chi connectivity index (χ3v) is 3.23. The number of hydrogen-bond acceptors (Lipinski definition) is 2. The first-order valence-electron chi connectivity index (χ1n) is 5.93. The highest BCUT2D eigenvalue weighted by Gasteiger charge is 2.13. The van der Waals surface area contributed by atoms with Gasteiger partial charge in [0.25, 0.3) is 0 Å². The van der Waals surface area contributed by atoms with Crippen LogP contribution < -0.4 is 0 Å². The second-order valence-electron chi connectivity index (χ2n) is 4.48. The van der Waals surface area contributed by atoms with E-state index >= 15 is 0 Å². The van der Waals surface area contributed by atoms with Crippen molar-refractivity contribution >= 4 is 16.9 Å². The molecular weight excluding hydrogens is 240 g/mol. The summed E-state index contributed by atoms with van der Waals surface area (Å²) in [4.78, 5) is 11.3. The van der Waals surface area contributed by atoms with E-state index in [1.54, 1.807) is 18.3 Å². The first-order valence-corrected chi connectivity index (χ1v) is 5.93. The average molecular weight is 252 g/mol. The molecule has 3 aromatic rings. The molecule has 2 N–H and O–H groups in total. The minimum Gasteiger partial charge on any atom is -0.478 e. The lowest BCUT2D eigenvalue weighted by atomic mass is 9.95. The number of aromatic nitrogens is 2. The van der Waals surface area contributed by atoms with Crippen LogP contribution in [-0.4, -0.2) is 21.3 Å². The SMILES string of the molecule is Cc1cc2cn[nH]c2cc1-c1ccccc1C(=O)O. The largest absolute Gasteiger partial charge is 0.478 e. The van der Waals surface area contributed by atoms with E-state index in [-0.39, 0.29) is 0 Å². The molecule has 1 heterocycles. The second-order valence-corrected chi connectivity index (χ2v) is 4.48. The molecule has 19 heavy (non-hydrogen) atoms. The summed E-state index contributed by atoms with van der Waals surface area (Å²) < 4.78 is 0. The van der Waals surface area contributed by atoms with Crippen molar-refractivity contribution in [2.24, 2.45) is 0 Å². The van der Waals surface area contributed by atoms with Gasteiger partial charge in [-0.25, -0.2) is 4.79 Å². The van der Waals surface area contributed by atoms with Crippen molar-refractivity contribution in [2.75, 3.05) is 0 Å². The van der Waals surface area contributed by atoms with Crippen LogP contribution in [0.4, 0.5) is 0 Å². The number of carboxylic acids is 1. The van der Waals surface area contributed by atoms with E-state index in [0.29, 0.717) is 5.56 Å². The van der Waals surface area contributed by atoms with E-state index in [1.807, 2.05) is 31.2 Å². The summed E-state index contributed by atoms with van der Waals surface area (Å²) in [5, 5.41) is 17.2. The lowest BCUT2D eigenvalue weighted by molar-refractivity contribution is 0.0697. The molecule has 0 aliphatic carbocycles. The molecular formula is C15H12N2O2. The van der Waals surface area contributed by atoms with Crippen molar-refractivity contribution in [1.29, 1.82) is 0 Å². The van der Waals surface area contributed by atoms with Gasteiger partial charge in [-0.15, -0.1) is 0 Å². The van der Waals surface area contributed by atoms with E-state index in [2.05, 4.69) is 10.2 Å². The van der Waals surface area contributed by atoms with Crippen LogP contribution in [0.1, 0.15) is 15.9 Å². The number of aromatic amines is 1. The van der Waals surface area contributed by atoms with Crippen LogP contribution >= 0.6 is 0 Å². The number of aryl methyl sites for hydroxylation is 1. The van der Waals surface area contributed by atoms with Crippen molar-refractivity contribution in [1.82, 2.24) is 10.2 Å². The predicted octanol–water partition coefficient (Wildman–Crippen LogP) is 3.24. The Morgan fingerprint density at radius 1 is 1.21 bits per heavy atom. The Bertz CT molecular complexity index is 775. The molecule has 94 valence electrons. The zero-order valence-corrected chi connectivity index (χ0v) is 10.3. The third kappa shape index (κ3) is 1.87. The summed E-state index contributed by atoms with van der Waals surface area (Å²) >= 11 is 0. The summed E-state index contributed by atoms with van der Waals surface area (Å²) in [6.07, 6.45) is 1.76. The average Bonchev–Trinajstić information content (AvgIpc) is 2.84. The fourth-order valence-electron chi connectivity index (χ4n) is 2.30. The van der Waals surface area contributed by atoms with Gasteiger partial charge >= 0.3 is 5.97 Å². The number of fused-ring (bicyclic) bond motifs is 1. The Morgan fingerprint density at radius 2 is 2.00 bits per heavy atom. The molecule has 4 nitrogen and oxygen atoms in total. The van der Waals surface area contributed by atoms with Gasteiger partial charge in [-0.3, -0.25) is 5.10 Å². The lowest BCUT2D eigenvalue weighted by Gasteiger charge is -2.09. The Balaban J connectivity index is 2.29. The van der Waals surface area contributed by atoms with Gasteiger partial charge < -0.3 is 5.11 Å². The van der Waals surface area contributed by atoms with Crippen molar-refractivity contribution in [3.63, 3.8) is 0 Å². The molecule has 0 fully saturated rings. The van der Waals surface area contributed by atoms with Crippen LogP contribution in [0.25, 0.3) is 22.0 Å². The fourth-order valence-corrected chi connectivity index (χ4v) is 2.30. The molecule has 4 heteroatoms. The van der Waals surface area contributed by atoms with Crippen LogP contribution in [0.5, 0.6) is 0 Å². The lowest BCUT2D eigenvalue weighted by Crippen LogP contribution is -1.99. The normalized spacial score (nSPS) is 10.8. The molecule has 2 aromatic carbocycles. The van der Waals surface area contributed by atoms with Gasteiger partial charge in [-0.05, 0) is 41.8 Å². The Labute approximate surface area is 109 Å². The molecule has 0 aliphatic heterocycles. The number of rotatable bonds is 2. The van der Waals surface area contributed by atoms with Crippen LogP contribution in [0, 0.1) is 6.92 Å². The fraction of sp³-hybridized carbons (Fsp3) is 0.0667. The van der Waals surface area contributed by atoms with Crippen molar-refractivity contribution in [2.45, 2.75) is 6.92 Å². The van der Waals surface area contributed by atoms with Crippen LogP contribution in [0.2, 0.25) is 0 Å². The highest BCUT2D eigenvalue weighted by Crippen LogP contribution is 2.30. The summed E-state index contributed by atoms with van der Waals surface area (Å²) in [7, 11) is 0. The molecule has 0 amide bonds. The van der Waals surface area contributed by atoms with Crippen LogP contribution in [0.3, 0.4) is 0 Å². The Morgan fingerprint density at radius 3 is 2.79 bits per heavy atom. The van der Waals surface area contributed by atoms with Gasteiger partial charge in [-0.1, -0.05) is 18.2 Å². The number of benzene rings is 2. The predicted molar refractivity (Wildman–Crippen MR) is 73.2 cm³/mol. The first-order chi connectivity index (χ1) is 9.16. The highest BCUT2D eigenvalue weighted by atomic mass is 16.4. The smallest absolute Gasteiger partial charge is 0.336 e.